The zero-order valence-electron chi connectivity index (χ0n) is 13.3. The molecule has 1 unspecified atom stereocenters. The molecule has 0 spiro atoms. The summed E-state index contributed by atoms with van der Waals surface area (Å²) in [5.41, 5.74) is 0. The topological polar surface area (TPSA) is 85.6 Å². The minimum atomic E-state index is -4.65. The molecule has 0 aromatic carbocycles. The van der Waals surface area contributed by atoms with Gasteiger partial charge in [-0.1, -0.05) is 25.7 Å². The molecule has 2 heterocycles. The van der Waals surface area contributed by atoms with Gasteiger partial charge in [0.1, 0.15) is 12.4 Å². The summed E-state index contributed by atoms with van der Waals surface area (Å²) >= 11 is 0. The highest BCUT2D eigenvalue weighted by Crippen LogP contribution is 2.33. The maximum atomic E-state index is 12.8. The molecule has 0 bridgehead atoms. The molecular weight excluding hydrogens is 337 g/mol. The molecule has 3 rings (SSSR count). The van der Waals surface area contributed by atoms with Crippen LogP contribution in [0.3, 0.4) is 0 Å². The first-order chi connectivity index (χ1) is 11.9. The Morgan fingerprint density at radius 1 is 1.28 bits per heavy atom. The third kappa shape index (κ3) is 4.31. The number of aromatic nitrogens is 5. The van der Waals surface area contributed by atoms with Crippen LogP contribution in [-0.2, 0) is 11.0 Å². The summed E-state index contributed by atoms with van der Waals surface area (Å²) in [4.78, 5) is 23.7. The predicted octanol–water partition coefficient (Wildman–Crippen LogP) is 2.85. The zero-order chi connectivity index (χ0) is 17.9. The van der Waals surface area contributed by atoms with Gasteiger partial charge in [0.2, 0.25) is 0 Å². The number of nitrogens with zero attached hydrogens (tertiary/aromatic N) is 5. The van der Waals surface area contributed by atoms with Crippen molar-refractivity contribution in [2.24, 2.45) is 5.92 Å². The van der Waals surface area contributed by atoms with E-state index in [0.29, 0.717) is 6.42 Å². The van der Waals surface area contributed by atoms with Crippen LogP contribution in [0.25, 0.3) is 0 Å². The van der Waals surface area contributed by atoms with Gasteiger partial charge in [0.25, 0.3) is 11.7 Å². The maximum absolute atomic E-state index is 12.8. The number of rotatable bonds is 5. The number of amides is 1. The molecule has 1 aliphatic carbocycles. The Bertz CT molecular complexity index is 712. The molecule has 1 N–H and O–H groups in total. The van der Waals surface area contributed by atoms with E-state index in [0.717, 1.165) is 36.7 Å². The van der Waals surface area contributed by atoms with Crippen molar-refractivity contribution in [3.05, 3.63) is 30.7 Å². The molecule has 1 aliphatic rings. The summed E-state index contributed by atoms with van der Waals surface area (Å²) in [6.45, 7) is 0. The van der Waals surface area contributed by atoms with Crippen LogP contribution in [0.5, 0.6) is 0 Å². The van der Waals surface area contributed by atoms with E-state index in [-0.39, 0.29) is 11.7 Å². The van der Waals surface area contributed by atoms with Gasteiger partial charge in [0.15, 0.2) is 5.82 Å². The minimum absolute atomic E-state index is 0.236. The first kappa shape index (κ1) is 17.3. The SMILES string of the molecule is O=C(Nc1cnccn1)C(CC1CCCC1)n1cnc(C(F)(F)F)n1. The van der Waals surface area contributed by atoms with Gasteiger partial charge in [-0.25, -0.2) is 14.6 Å². The van der Waals surface area contributed by atoms with Crippen LogP contribution in [0.15, 0.2) is 24.9 Å². The molecule has 2 aromatic heterocycles. The van der Waals surface area contributed by atoms with Crippen LogP contribution in [0, 0.1) is 5.92 Å². The third-order valence-corrected chi connectivity index (χ3v) is 4.23. The van der Waals surface area contributed by atoms with Crippen LogP contribution in [0.2, 0.25) is 0 Å². The van der Waals surface area contributed by atoms with E-state index in [1.165, 1.54) is 18.6 Å². The fraction of sp³-hybridized carbons (Fsp3) is 0.533. The number of nitrogens with one attached hydrogen (secondary N) is 1. The van der Waals surface area contributed by atoms with Gasteiger partial charge in [-0.15, -0.1) is 5.10 Å². The molecule has 0 radical (unpaired) electrons. The lowest BCUT2D eigenvalue weighted by molar-refractivity contribution is -0.145. The standard InChI is InChI=1S/C15H17F3N6O/c16-15(17,18)14-21-9-24(23-14)11(7-10-3-1-2-4-10)13(25)22-12-8-19-5-6-20-12/h5-6,8-11H,1-4,7H2,(H,20,22,25). The van der Waals surface area contributed by atoms with Crippen LogP contribution >= 0.6 is 0 Å². The molecule has 25 heavy (non-hydrogen) atoms. The first-order valence-corrected chi connectivity index (χ1v) is 7.98. The van der Waals surface area contributed by atoms with Gasteiger partial charge in [-0.05, 0) is 12.3 Å². The van der Waals surface area contributed by atoms with Crippen molar-refractivity contribution in [1.29, 1.82) is 0 Å². The van der Waals surface area contributed by atoms with Crippen molar-refractivity contribution < 1.29 is 18.0 Å². The molecule has 134 valence electrons. The molecule has 1 atom stereocenters. The molecule has 2 aromatic rings. The number of hydrogen-bond donors (Lipinski definition) is 1. The lowest BCUT2D eigenvalue weighted by atomic mass is 9.98. The second kappa shape index (κ2) is 7.16. The number of carbonyl (C=O) groups is 1. The monoisotopic (exact) mass is 354 g/mol. The van der Waals surface area contributed by atoms with E-state index in [2.05, 4.69) is 25.4 Å². The lowest BCUT2D eigenvalue weighted by Gasteiger charge is -2.20. The van der Waals surface area contributed by atoms with Crippen LogP contribution in [0.4, 0.5) is 19.0 Å². The summed E-state index contributed by atoms with van der Waals surface area (Å²) < 4.78 is 39.3. The largest absolute Gasteiger partial charge is 0.453 e. The molecule has 1 saturated carbocycles. The Hall–Kier alpha value is -2.52. The Morgan fingerprint density at radius 2 is 2.04 bits per heavy atom. The van der Waals surface area contributed by atoms with Crippen LogP contribution in [0.1, 0.15) is 44.0 Å². The molecule has 1 fully saturated rings. The molecule has 7 nitrogen and oxygen atoms in total. The highest BCUT2D eigenvalue weighted by molar-refractivity contribution is 5.92. The number of anilines is 1. The van der Waals surface area contributed by atoms with Gasteiger partial charge in [0.05, 0.1) is 6.20 Å². The van der Waals surface area contributed by atoms with Gasteiger partial charge < -0.3 is 5.32 Å². The average molecular weight is 354 g/mol. The Kier molecular flexibility index (Phi) is 4.95. The second-order valence-electron chi connectivity index (χ2n) is 6.03. The normalized spacial score (nSPS) is 16.8. The van der Waals surface area contributed by atoms with Gasteiger partial charge >= 0.3 is 6.18 Å². The Balaban J connectivity index is 1.81. The highest BCUT2D eigenvalue weighted by atomic mass is 19.4. The summed E-state index contributed by atoms with van der Waals surface area (Å²) in [5, 5.41) is 6.05. The fourth-order valence-electron chi connectivity index (χ4n) is 3.03. The minimum Gasteiger partial charge on any atom is -0.308 e. The Morgan fingerprint density at radius 3 is 2.64 bits per heavy atom. The van der Waals surface area contributed by atoms with Gasteiger partial charge in [-0.3, -0.25) is 9.78 Å². The van der Waals surface area contributed by atoms with Crippen molar-refractivity contribution in [3.63, 3.8) is 0 Å². The first-order valence-electron chi connectivity index (χ1n) is 7.98. The van der Waals surface area contributed by atoms with E-state index in [1.807, 2.05) is 0 Å². The zero-order valence-corrected chi connectivity index (χ0v) is 13.3. The van der Waals surface area contributed by atoms with Crippen molar-refractivity contribution in [2.75, 3.05) is 5.32 Å². The molecule has 10 heteroatoms. The summed E-state index contributed by atoms with van der Waals surface area (Å²) in [6.07, 6.45) is 4.99. The van der Waals surface area contributed by atoms with Crippen LogP contribution in [-0.4, -0.2) is 30.6 Å². The van der Waals surface area contributed by atoms with Gasteiger partial charge in [0, 0.05) is 12.4 Å². The fourth-order valence-corrected chi connectivity index (χ4v) is 3.03. The number of alkyl halides is 3. The number of carbonyl (C=O) groups excluding carboxylic acids is 1. The molecular formula is C15H17F3N6O. The third-order valence-electron chi connectivity index (χ3n) is 4.23. The smallest absolute Gasteiger partial charge is 0.308 e. The predicted molar refractivity (Wildman–Crippen MR) is 81.3 cm³/mol. The quantitative estimate of drug-likeness (QED) is 0.892. The second-order valence-corrected chi connectivity index (χ2v) is 6.03. The Labute approximate surface area is 141 Å². The van der Waals surface area contributed by atoms with Crippen molar-refractivity contribution in [1.82, 2.24) is 24.7 Å². The van der Waals surface area contributed by atoms with Crippen molar-refractivity contribution in [3.8, 4) is 0 Å². The van der Waals surface area contributed by atoms with E-state index >= 15 is 0 Å². The van der Waals surface area contributed by atoms with Crippen LogP contribution < -0.4 is 5.32 Å². The van der Waals surface area contributed by atoms with E-state index < -0.39 is 23.9 Å². The van der Waals surface area contributed by atoms with Crippen molar-refractivity contribution in [2.45, 2.75) is 44.3 Å². The van der Waals surface area contributed by atoms with E-state index in [9.17, 15) is 18.0 Å². The lowest BCUT2D eigenvalue weighted by Crippen LogP contribution is -2.29. The average Bonchev–Trinajstić information content (AvgIpc) is 3.24. The molecule has 0 aliphatic heterocycles. The van der Waals surface area contributed by atoms with E-state index in [4.69, 9.17) is 0 Å². The highest BCUT2D eigenvalue weighted by Gasteiger charge is 2.37. The maximum Gasteiger partial charge on any atom is 0.453 e. The molecule has 0 saturated heterocycles. The summed E-state index contributed by atoms with van der Waals surface area (Å²) in [5.74, 6) is -1.22. The van der Waals surface area contributed by atoms with Crippen molar-refractivity contribution >= 4 is 11.7 Å². The summed E-state index contributed by atoms with van der Waals surface area (Å²) in [7, 11) is 0. The number of hydrogen-bond acceptors (Lipinski definition) is 5. The summed E-state index contributed by atoms with van der Waals surface area (Å²) in [6, 6.07) is -0.881. The van der Waals surface area contributed by atoms with Gasteiger partial charge in [-0.2, -0.15) is 13.2 Å². The molecule has 1 amide bonds. The number of halogens is 3. The van der Waals surface area contributed by atoms with E-state index in [1.54, 1.807) is 0 Å².